The molecule has 3 heterocycles. The number of rotatable bonds is 3. The maximum absolute atomic E-state index is 13.9. The molecule has 0 bridgehead atoms. The lowest BCUT2D eigenvalue weighted by atomic mass is 9.96. The van der Waals surface area contributed by atoms with Crippen LogP contribution in [0, 0.1) is 5.82 Å². The summed E-state index contributed by atoms with van der Waals surface area (Å²) in [5, 5.41) is 7.29. The van der Waals surface area contributed by atoms with Gasteiger partial charge in [0.2, 0.25) is 0 Å². The van der Waals surface area contributed by atoms with Gasteiger partial charge in [-0.1, -0.05) is 6.07 Å². The van der Waals surface area contributed by atoms with Crippen molar-refractivity contribution in [1.82, 2.24) is 25.1 Å². The van der Waals surface area contributed by atoms with Gasteiger partial charge in [0.15, 0.2) is 0 Å². The third kappa shape index (κ3) is 2.94. The highest BCUT2D eigenvalue weighted by atomic mass is 19.1. The quantitative estimate of drug-likeness (QED) is 0.773. The zero-order valence-corrected chi connectivity index (χ0v) is 13.1. The number of hydrogen-bond acceptors (Lipinski definition) is 4. The Balaban J connectivity index is 1.58. The van der Waals surface area contributed by atoms with Crippen LogP contribution in [-0.2, 0) is 6.54 Å². The van der Waals surface area contributed by atoms with Gasteiger partial charge < -0.3 is 0 Å². The molecule has 1 saturated heterocycles. The number of aromatic nitrogens is 4. The molecule has 2 N–H and O–H groups in total. The lowest BCUT2D eigenvalue weighted by Gasteiger charge is -2.31. The molecule has 3 aromatic rings. The van der Waals surface area contributed by atoms with Gasteiger partial charge in [-0.25, -0.2) is 14.3 Å². The van der Waals surface area contributed by atoms with Crippen molar-refractivity contribution < 1.29 is 4.39 Å². The van der Waals surface area contributed by atoms with E-state index in [0.29, 0.717) is 12.4 Å². The number of halogens is 1. The van der Waals surface area contributed by atoms with Crippen LogP contribution in [-0.4, -0.2) is 38.2 Å². The van der Waals surface area contributed by atoms with Gasteiger partial charge in [0.25, 0.3) is 0 Å². The number of fused-ring (bicyclic) bond motifs is 1. The smallest absolute Gasteiger partial charge is 0.298 e. The summed E-state index contributed by atoms with van der Waals surface area (Å²) in [4.78, 5) is 20.7. The molecule has 2 aromatic heterocycles. The van der Waals surface area contributed by atoms with E-state index >= 15 is 0 Å². The van der Waals surface area contributed by atoms with Gasteiger partial charge in [0.05, 0.1) is 5.52 Å². The summed E-state index contributed by atoms with van der Waals surface area (Å²) in [6.07, 6.45) is 3.73. The number of hydrogen-bond donors (Lipinski definition) is 2. The third-order valence-electron chi connectivity index (χ3n) is 4.55. The molecule has 1 aliphatic heterocycles. The van der Waals surface area contributed by atoms with Gasteiger partial charge in [0, 0.05) is 30.6 Å². The molecule has 0 saturated carbocycles. The number of H-pyrrole nitrogens is 2. The summed E-state index contributed by atoms with van der Waals surface area (Å²) in [5.41, 5.74) is 1.46. The van der Waals surface area contributed by atoms with Gasteiger partial charge in [-0.15, -0.1) is 0 Å². The van der Waals surface area contributed by atoms with Gasteiger partial charge in [0.1, 0.15) is 11.6 Å². The van der Waals surface area contributed by atoms with Crippen molar-refractivity contribution in [3.63, 3.8) is 0 Å². The van der Waals surface area contributed by atoms with E-state index in [0.717, 1.165) is 42.4 Å². The van der Waals surface area contributed by atoms with E-state index in [4.69, 9.17) is 0 Å². The number of nitrogens with one attached hydrogen (secondary N) is 2. The van der Waals surface area contributed by atoms with E-state index in [1.807, 2.05) is 12.1 Å². The molecule has 124 valence electrons. The number of benzene rings is 1. The average Bonchev–Trinajstić information content (AvgIpc) is 3.01. The lowest BCUT2D eigenvalue weighted by molar-refractivity contribution is 0.197. The highest BCUT2D eigenvalue weighted by Gasteiger charge is 2.24. The largest absolute Gasteiger partial charge is 0.340 e. The standard InChI is InChI=1S/C17H18FN5O/c18-14-7-11-3-1-5-19-15(11)13(8-14)10-23-6-2-4-12(9-23)16-20-17(24)22-21-16/h1,3,5,7-8,12H,2,4,6,9-10H2,(H2,20,21,22,24). The fourth-order valence-electron chi connectivity index (χ4n) is 3.49. The van der Waals surface area contributed by atoms with Crippen LogP contribution in [0.2, 0.25) is 0 Å². The van der Waals surface area contributed by atoms with Crippen LogP contribution in [0.25, 0.3) is 10.9 Å². The molecule has 1 fully saturated rings. The third-order valence-corrected chi connectivity index (χ3v) is 4.55. The molecule has 0 aliphatic carbocycles. The van der Waals surface area contributed by atoms with Gasteiger partial charge in [-0.2, -0.15) is 5.10 Å². The molecule has 6 nitrogen and oxygen atoms in total. The van der Waals surface area contributed by atoms with E-state index < -0.39 is 0 Å². The van der Waals surface area contributed by atoms with Crippen molar-refractivity contribution in [2.75, 3.05) is 13.1 Å². The summed E-state index contributed by atoms with van der Waals surface area (Å²) in [6, 6.07) is 6.77. The molecule has 0 spiro atoms. The first-order valence-corrected chi connectivity index (χ1v) is 8.09. The molecule has 1 aliphatic rings. The average molecular weight is 327 g/mol. The fraction of sp³-hybridized carbons (Fsp3) is 0.353. The topological polar surface area (TPSA) is 77.7 Å². The highest BCUT2D eigenvalue weighted by Crippen LogP contribution is 2.26. The number of piperidine rings is 1. The Morgan fingerprint density at radius 2 is 2.29 bits per heavy atom. The zero-order chi connectivity index (χ0) is 16.5. The van der Waals surface area contributed by atoms with Crippen molar-refractivity contribution >= 4 is 10.9 Å². The lowest BCUT2D eigenvalue weighted by Crippen LogP contribution is -2.34. The molecule has 24 heavy (non-hydrogen) atoms. The van der Waals surface area contributed by atoms with Crippen molar-refractivity contribution in [1.29, 1.82) is 0 Å². The Morgan fingerprint density at radius 3 is 3.12 bits per heavy atom. The first-order chi connectivity index (χ1) is 11.7. The second-order valence-corrected chi connectivity index (χ2v) is 6.28. The first-order valence-electron chi connectivity index (χ1n) is 8.09. The molecule has 4 rings (SSSR count). The van der Waals surface area contributed by atoms with E-state index in [9.17, 15) is 9.18 Å². The minimum absolute atomic E-state index is 0.186. The fourth-order valence-corrected chi connectivity index (χ4v) is 3.49. The van der Waals surface area contributed by atoms with E-state index in [1.54, 1.807) is 12.3 Å². The van der Waals surface area contributed by atoms with Crippen LogP contribution < -0.4 is 5.69 Å². The Kier molecular flexibility index (Phi) is 3.86. The van der Waals surface area contributed by atoms with Crippen LogP contribution in [0.1, 0.15) is 30.1 Å². The molecular weight excluding hydrogens is 309 g/mol. The van der Waals surface area contributed by atoms with Crippen LogP contribution in [0.15, 0.2) is 35.3 Å². The number of likely N-dealkylation sites (tertiary alicyclic amines) is 1. The minimum atomic E-state index is -0.276. The normalized spacial score (nSPS) is 19.0. The monoisotopic (exact) mass is 327 g/mol. The SMILES string of the molecule is O=c1[nH]nc(C2CCCN(Cc3cc(F)cc4cccnc34)C2)[nH]1. The second-order valence-electron chi connectivity index (χ2n) is 6.28. The Morgan fingerprint density at radius 1 is 1.38 bits per heavy atom. The maximum Gasteiger partial charge on any atom is 0.340 e. The molecule has 1 unspecified atom stereocenters. The van der Waals surface area contributed by atoms with Crippen molar-refractivity contribution in [2.24, 2.45) is 0 Å². The summed E-state index contributed by atoms with van der Waals surface area (Å²) >= 11 is 0. The number of aromatic amines is 2. The van der Waals surface area contributed by atoms with Crippen molar-refractivity contribution in [2.45, 2.75) is 25.3 Å². The van der Waals surface area contributed by atoms with Crippen molar-refractivity contribution in [3.8, 4) is 0 Å². The molecule has 0 radical (unpaired) electrons. The van der Waals surface area contributed by atoms with E-state index in [-0.39, 0.29) is 17.4 Å². The summed E-state index contributed by atoms with van der Waals surface area (Å²) in [5.74, 6) is 0.646. The summed E-state index contributed by atoms with van der Waals surface area (Å²) < 4.78 is 13.9. The molecule has 1 atom stereocenters. The first kappa shape index (κ1) is 15.0. The van der Waals surface area contributed by atoms with Crippen LogP contribution in [0.4, 0.5) is 4.39 Å². The predicted molar refractivity (Wildman–Crippen MR) is 88.2 cm³/mol. The summed E-state index contributed by atoms with van der Waals surface area (Å²) in [7, 11) is 0. The maximum atomic E-state index is 13.9. The number of nitrogens with zero attached hydrogens (tertiary/aromatic N) is 3. The Labute approximate surface area is 137 Å². The van der Waals surface area contributed by atoms with Gasteiger partial charge in [-0.3, -0.25) is 14.9 Å². The predicted octanol–water partition coefficient (Wildman–Crippen LogP) is 2.16. The zero-order valence-electron chi connectivity index (χ0n) is 13.1. The van der Waals surface area contributed by atoms with E-state index in [2.05, 4.69) is 25.1 Å². The number of pyridine rings is 1. The van der Waals surface area contributed by atoms with Crippen molar-refractivity contribution in [3.05, 3.63) is 58.2 Å². The van der Waals surface area contributed by atoms with Gasteiger partial charge >= 0.3 is 5.69 Å². The minimum Gasteiger partial charge on any atom is -0.298 e. The molecule has 0 amide bonds. The van der Waals surface area contributed by atoms with Gasteiger partial charge in [-0.05, 0) is 43.1 Å². The van der Waals surface area contributed by atoms with Crippen LogP contribution in [0.3, 0.4) is 0 Å². The van der Waals surface area contributed by atoms with Crippen LogP contribution >= 0.6 is 0 Å². The second kappa shape index (κ2) is 6.16. The molecule has 1 aromatic carbocycles. The highest BCUT2D eigenvalue weighted by molar-refractivity contribution is 5.81. The Bertz CT molecular complexity index is 918. The van der Waals surface area contributed by atoms with E-state index in [1.165, 1.54) is 6.07 Å². The van der Waals surface area contributed by atoms with Crippen LogP contribution in [0.5, 0.6) is 0 Å². The molecular formula is C17H18FN5O. The molecule has 7 heteroatoms. The summed E-state index contributed by atoms with van der Waals surface area (Å²) in [6.45, 7) is 2.36. The Hall–Kier alpha value is -2.54.